The number of Topliss-reactive ketones (excluding diaryl/α,β-unsaturated/α-hetero) is 1. The molecule has 1 aromatic rings. The van der Waals surface area contributed by atoms with Gasteiger partial charge in [0.2, 0.25) is 0 Å². The number of hydrogen-bond acceptors (Lipinski definition) is 3. The molecule has 1 atom stereocenters. The average molecular weight is 256 g/mol. The fourth-order valence-electron chi connectivity index (χ4n) is 1.61. The summed E-state index contributed by atoms with van der Waals surface area (Å²) < 4.78 is 4.94. The van der Waals surface area contributed by atoms with E-state index in [-0.39, 0.29) is 11.7 Å². The number of carbonyl (C=O) groups is 1. The lowest BCUT2D eigenvalue weighted by Gasteiger charge is -2.15. The van der Waals surface area contributed by atoms with Crippen molar-refractivity contribution >= 4 is 17.4 Å². The van der Waals surface area contributed by atoms with Crippen molar-refractivity contribution in [2.75, 3.05) is 26.8 Å². The van der Waals surface area contributed by atoms with E-state index in [0.29, 0.717) is 18.2 Å². The van der Waals surface area contributed by atoms with Crippen molar-refractivity contribution in [3.8, 4) is 0 Å². The summed E-state index contributed by atoms with van der Waals surface area (Å²) in [6, 6.07) is 7.41. The van der Waals surface area contributed by atoms with Gasteiger partial charge in [-0.1, -0.05) is 23.7 Å². The van der Waals surface area contributed by atoms with Gasteiger partial charge in [-0.3, -0.25) is 4.79 Å². The lowest BCUT2D eigenvalue weighted by atomic mass is 9.95. The number of rotatable bonds is 7. The first-order valence-corrected chi connectivity index (χ1v) is 5.98. The zero-order valence-electron chi connectivity index (χ0n) is 10.2. The van der Waals surface area contributed by atoms with Crippen LogP contribution in [0.3, 0.4) is 0 Å². The molecule has 4 heteroatoms. The van der Waals surface area contributed by atoms with E-state index in [9.17, 15) is 4.79 Å². The lowest BCUT2D eigenvalue weighted by Crippen LogP contribution is -2.28. The van der Waals surface area contributed by atoms with Gasteiger partial charge in [-0.2, -0.15) is 0 Å². The Morgan fingerprint density at radius 1 is 1.41 bits per heavy atom. The van der Waals surface area contributed by atoms with Gasteiger partial charge in [0.15, 0.2) is 0 Å². The highest BCUT2D eigenvalue weighted by Crippen LogP contribution is 2.18. The molecule has 17 heavy (non-hydrogen) atoms. The molecule has 1 rings (SSSR count). The van der Waals surface area contributed by atoms with Crippen LogP contribution in [0.25, 0.3) is 0 Å². The molecule has 0 fully saturated rings. The van der Waals surface area contributed by atoms with Gasteiger partial charge in [0, 0.05) is 25.2 Å². The van der Waals surface area contributed by atoms with Crippen LogP contribution in [-0.4, -0.2) is 32.6 Å². The minimum Gasteiger partial charge on any atom is -0.383 e. The Hall–Kier alpha value is -0.900. The fourth-order valence-corrected chi connectivity index (χ4v) is 1.74. The van der Waals surface area contributed by atoms with E-state index in [2.05, 4.69) is 5.32 Å². The van der Waals surface area contributed by atoms with Crippen molar-refractivity contribution in [1.29, 1.82) is 0 Å². The number of nitrogens with one attached hydrogen (secondary N) is 1. The molecule has 3 nitrogen and oxygen atoms in total. The number of methoxy groups -OCH3 is 1. The molecule has 0 saturated carbocycles. The quantitative estimate of drug-likeness (QED) is 0.760. The van der Waals surface area contributed by atoms with Gasteiger partial charge in [0.05, 0.1) is 12.5 Å². The molecule has 0 aliphatic carbocycles. The normalized spacial score (nSPS) is 12.4. The maximum Gasteiger partial charge on any atom is 0.138 e. The van der Waals surface area contributed by atoms with Gasteiger partial charge in [0.25, 0.3) is 0 Å². The van der Waals surface area contributed by atoms with Crippen LogP contribution in [0.15, 0.2) is 24.3 Å². The molecule has 1 N–H and O–H groups in total. The Bertz CT molecular complexity index is 351. The molecule has 0 aliphatic heterocycles. The first-order chi connectivity index (χ1) is 8.15. The van der Waals surface area contributed by atoms with Crippen LogP contribution in [0, 0.1) is 0 Å². The fraction of sp³-hybridized carbons (Fsp3) is 0.462. The van der Waals surface area contributed by atoms with Gasteiger partial charge in [-0.15, -0.1) is 0 Å². The average Bonchev–Trinajstić information content (AvgIpc) is 2.30. The SMILES string of the molecule is COCCNCC(C(C)=O)c1ccc(Cl)cc1. The molecule has 0 radical (unpaired) electrons. The summed E-state index contributed by atoms with van der Waals surface area (Å²) in [5.41, 5.74) is 0.992. The van der Waals surface area contributed by atoms with Crippen LogP contribution in [0.2, 0.25) is 5.02 Å². The first-order valence-electron chi connectivity index (χ1n) is 5.60. The van der Waals surface area contributed by atoms with Gasteiger partial charge >= 0.3 is 0 Å². The molecular formula is C13H18ClNO2. The van der Waals surface area contributed by atoms with E-state index in [1.165, 1.54) is 0 Å². The highest BCUT2D eigenvalue weighted by Gasteiger charge is 2.15. The zero-order valence-corrected chi connectivity index (χ0v) is 11.0. The Labute approximate surface area is 107 Å². The second-order valence-electron chi connectivity index (χ2n) is 3.91. The summed E-state index contributed by atoms with van der Waals surface area (Å²) in [5, 5.41) is 3.89. The predicted octanol–water partition coefficient (Wildman–Crippen LogP) is 2.25. The standard InChI is InChI=1S/C13H18ClNO2/c1-10(16)13(9-15-7-8-17-2)11-3-5-12(14)6-4-11/h3-6,13,15H,7-9H2,1-2H3. The molecular weight excluding hydrogens is 238 g/mol. The number of carbonyl (C=O) groups excluding carboxylic acids is 1. The lowest BCUT2D eigenvalue weighted by molar-refractivity contribution is -0.118. The van der Waals surface area contributed by atoms with Crippen LogP contribution in [0.5, 0.6) is 0 Å². The Balaban J connectivity index is 2.59. The number of halogens is 1. The van der Waals surface area contributed by atoms with Crippen molar-refractivity contribution < 1.29 is 9.53 Å². The van der Waals surface area contributed by atoms with Crippen LogP contribution < -0.4 is 5.32 Å². The Morgan fingerprint density at radius 3 is 2.59 bits per heavy atom. The molecule has 0 saturated heterocycles. The second-order valence-corrected chi connectivity index (χ2v) is 4.35. The third-order valence-electron chi connectivity index (χ3n) is 2.59. The number of ketones is 1. The number of hydrogen-bond donors (Lipinski definition) is 1. The summed E-state index contributed by atoms with van der Waals surface area (Å²) in [5.74, 6) is 0.0290. The second kappa shape index (κ2) is 7.43. The summed E-state index contributed by atoms with van der Waals surface area (Å²) in [6.45, 7) is 3.62. The van der Waals surface area contributed by atoms with E-state index in [4.69, 9.17) is 16.3 Å². The van der Waals surface area contributed by atoms with Gasteiger partial charge in [-0.25, -0.2) is 0 Å². The largest absolute Gasteiger partial charge is 0.383 e. The smallest absolute Gasteiger partial charge is 0.138 e. The summed E-state index contributed by atoms with van der Waals surface area (Å²) in [4.78, 5) is 11.6. The topological polar surface area (TPSA) is 38.3 Å². The molecule has 0 heterocycles. The molecule has 1 unspecified atom stereocenters. The highest BCUT2D eigenvalue weighted by molar-refractivity contribution is 6.30. The van der Waals surface area contributed by atoms with Gasteiger partial charge in [-0.05, 0) is 24.6 Å². The van der Waals surface area contributed by atoms with E-state index < -0.39 is 0 Å². The maximum atomic E-state index is 11.6. The molecule has 0 aromatic heterocycles. The third kappa shape index (κ3) is 4.86. The molecule has 1 aromatic carbocycles. The summed E-state index contributed by atoms with van der Waals surface area (Å²) in [6.07, 6.45) is 0. The van der Waals surface area contributed by atoms with Gasteiger partial charge in [0.1, 0.15) is 5.78 Å². The number of benzene rings is 1. The zero-order chi connectivity index (χ0) is 12.7. The van der Waals surface area contributed by atoms with Crippen LogP contribution in [0.4, 0.5) is 0 Å². The Morgan fingerprint density at radius 2 is 2.06 bits per heavy atom. The third-order valence-corrected chi connectivity index (χ3v) is 2.85. The van der Waals surface area contributed by atoms with E-state index in [1.54, 1.807) is 14.0 Å². The molecule has 0 aliphatic rings. The monoisotopic (exact) mass is 255 g/mol. The molecule has 0 spiro atoms. The van der Waals surface area contributed by atoms with E-state index in [1.807, 2.05) is 24.3 Å². The maximum absolute atomic E-state index is 11.6. The van der Waals surface area contributed by atoms with Crippen molar-refractivity contribution in [3.05, 3.63) is 34.9 Å². The van der Waals surface area contributed by atoms with E-state index in [0.717, 1.165) is 12.1 Å². The van der Waals surface area contributed by atoms with Crippen LogP contribution >= 0.6 is 11.6 Å². The minimum absolute atomic E-state index is 0.121. The van der Waals surface area contributed by atoms with Gasteiger partial charge < -0.3 is 10.1 Å². The molecule has 0 bridgehead atoms. The Kier molecular flexibility index (Phi) is 6.19. The molecule has 0 amide bonds. The van der Waals surface area contributed by atoms with Crippen molar-refractivity contribution in [1.82, 2.24) is 5.32 Å². The van der Waals surface area contributed by atoms with Crippen LogP contribution in [-0.2, 0) is 9.53 Å². The first kappa shape index (κ1) is 14.2. The highest BCUT2D eigenvalue weighted by atomic mass is 35.5. The van der Waals surface area contributed by atoms with Crippen molar-refractivity contribution in [2.45, 2.75) is 12.8 Å². The van der Waals surface area contributed by atoms with Crippen molar-refractivity contribution in [2.24, 2.45) is 0 Å². The number of ether oxygens (including phenoxy) is 1. The summed E-state index contributed by atoms with van der Waals surface area (Å²) in [7, 11) is 1.66. The predicted molar refractivity (Wildman–Crippen MR) is 69.6 cm³/mol. The molecule has 94 valence electrons. The van der Waals surface area contributed by atoms with Crippen LogP contribution in [0.1, 0.15) is 18.4 Å². The summed E-state index contributed by atoms with van der Waals surface area (Å²) >= 11 is 5.82. The van der Waals surface area contributed by atoms with E-state index >= 15 is 0 Å². The van der Waals surface area contributed by atoms with Crippen molar-refractivity contribution in [3.63, 3.8) is 0 Å². The minimum atomic E-state index is -0.121.